The number of halogens is 1. The van der Waals surface area contributed by atoms with Gasteiger partial charge in [-0.1, -0.05) is 6.42 Å². The van der Waals surface area contributed by atoms with Crippen LogP contribution in [-0.4, -0.2) is 30.4 Å². The van der Waals surface area contributed by atoms with Crippen molar-refractivity contribution in [3.8, 4) is 5.75 Å². The summed E-state index contributed by atoms with van der Waals surface area (Å²) in [6.45, 7) is 0.800. The summed E-state index contributed by atoms with van der Waals surface area (Å²) in [5, 5.41) is 13.4. The molecule has 0 spiro atoms. The van der Waals surface area contributed by atoms with Crippen molar-refractivity contribution in [2.24, 2.45) is 11.8 Å². The summed E-state index contributed by atoms with van der Waals surface area (Å²) < 4.78 is 18.2. The number of hydrogen-bond acceptors (Lipinski definition) is 3. The zero-order valence-corrected chi connectivity index (χ0v) is 11.6. The molecule has 2 saturated carbocycles. The number of aliphatic hydroxyl groups is 1. The second-order valence-corrected chi connectivity index (χ2v) is 6.11. The summed E-state index contributed by atoms with van der Waals surface area (Å²) in [6, 6.07) is 6.44. The first-order valence-corrected chi connectivity index (χ1v) is 7.50. The number of benzene rings is 1. The molecule has 2 fully saturated rings. The predicted octanol–water partition coefficient (Wildman–Crippen LogP) is 2.34. The lowest BCUT2D eigenvalue weighted by atomic mass is 9.95. The van der Waals surface area contributed by atoms with Gasteiger partial charge in [-0.05, 0) is 55.4 Å². The standard InChI is InChI=1S/C16H22FNO2/c17-13-3-5-15(6-4-13)20-10-14(19)9-18-16-8-11-1-2-12(16)7-11/h3-6,11-12,14,16,18-19H,1-2,7-10H2. The molecule has 0 saturated heterocycles. The van der Waals surface area contributed by atoms with Crippen molar-refractivity contribution in [2.45, 2.75) is 37.8 Å². The molecule has 4 atom stereocenters. The summed E-state index contributed by atoms with van der Waals surface area (Å²) in [7, 11) is 0. The monoisotopic (exact) mass is 279 g/mol. The van der Waals surface area contributed by atoms with Crippen LogP contribution < -0.4 is 10.1 Å². The van der Waals surface area contributed by atoms with Crippen molar-refractivity contribution >= 4 is 0 Å². The van der Waals surface area contributed by atoms with E-state index < -0.39 is 6.10 Å². The summed E-state index contributed by atoms with van der Waals surface area (Å²) in [5.74, 6) is 2.02. The lowest BCUT2D eigenvalue weighted by molar-refractivity contribution is 0.101. The van der Waals surface area contributed by atoms with Gasteiger partial charge in [-0.15, -0.1) is 0 Å². The molecule has 110 valence electrons. The molecule has 0 aliphatic heterocycles. The van der Waals surface area contributed by atoms with E-state index in [4.69, 9.17) is 4.74 Å². The van der Waals surface area contributed by atoms with Gasteiger partial charge in [-0.2, -0.15) is 0 Å². The lowest BCUT2D eigenvalue weighted by Crippen LogP contribution is -2.40. The molecule has 0 heterocycles. The zero-order valence-electron chi connectivity index (χ0n) is 11.6. The Hall–Kier alpha value is -1.13. The van der Waals surface area contributed by atoms with Crippen LogP contribution in [-0.2, 0) is 0 Å². The first-order valence-electron chi connectivity index (χ1n) is 7.50. The van der Waals surface area contributed by atoms with Crippen LogP contribution in [0.4, 0.5) is 4.39 Å². The third-order valence-corrected chi connectivity index (χ3v) is 4.61. The minimum atomic E-state index is -0.529. The molecule has 2 aliphatic rings. The molecule has 4 unspecified atom stereocenters. The molecule has 3 rings (SSSR count). The molecule has 0 amide bonds. The van der Waals surface area contributed by atoms with Gasteiger partial charge in [0.2, 0.25) is 0 Å². The summed E-state index contributed by atoms with van der Waals surface area (Å²) in [5.41, 5.74) is 0. The molecule has 0 radical (unpaired) electrons. The highest BCUT2D eigenvalue weighted by atomic mass is 19.1. The first kappa shape index (κ1) is 13.8. The quantitative estimate of drug-likeness (QED) is 0.840. The van der Waals surface area contributed by atoms with Crippen LogP contribution in [0.15, 0.2) is 24.3 Å². The number of hydrogen-bond donors (Lipinski definition) is 2. The van der Waals surface area contributed by atoms with E-state index in [0.717, 1.165) is 11.8 Å². The van der Waals surface area contributed by atoms with Crippen molar-refractivity contribution in [1.82, 2.24) is 5.32 Å². The third-order valence-electron chi connectivity index (χ3n) is 4.61. The SMILES string of the molecule is OC(CNC1CC2CCC1C2)COc1ccc(F)cc1. The Balaban J connectivity index is 1.37. The van der Waals surface area contributed by atoms with Crippen molar-refractivity contribution in [1.29, 1.82) is 0 Å². The molecule has 2 N–H and O–H groups in total. The summed E-state index contributed by atoms with van der Waals surface area (Å²) in [4.78, 5) is 0. The molecular formula is C16H22FNO2. The maximum absolute atomic E-state index is 12.7. The molecule has 1 aromatic carbocycles. The van der Waals surface area contributed by atoms with Crippen LogP contribution in [0.1, 0.15) is 25.7 Å². The highest BCUT2D eigenvalue weighted by Gasteiger charge is 2.39. The zero-order chi connectivity index (χ0) is 13.9. The van der Waals surface area contributed by atoms with E-state index in [9.17, 15) is 9.50 Å². The molecule has 2 bridgehead atoms. The maximum Gasteiger partial charge on any atom is 0.123 e. The molecule has 1 aromatic rings. The topological polar surface area (TPSA) is 41.5 Å². The van der Waals surface area contributed by atoms with Crippen LogP contribution in [0.3, 0.4) is 0 Å². The molecule has 20 heavy (non-hydrogen) atoms. The fourth-order valence-electron chi connectivity index (χ4n) is 3.56. The van der Waals surface area contributed by atoms with E-state index >= 15 is 0 Å². The number of aliphatic hydroxyl groups excluding tert-OH is 1. The third kappa shape index (κ3) is 3.30. The number of ether oxygens (including phenoxy) is 1. The predicted molar refractivity (Wildman–Crippen MR) is 75.1 cm³/mol. The van der Waals surface area contributed by atoms with Crippen LogP contribution in [0, 0.1) is 17.7 Å². The number of nitrogens with one attached hydrogen (secondary N) is 1. The van der Waals surface area contributed by atoms with Gasteiger partial charge in [0.05, 0.1) is 0 Å². The van der Waals surface area contributed by atoms with Gasteiger partial charge in [0.1, 0.15) is 24.3 Å². The summed E-state index contributed by atoms with van der Waals surface area (Å²) >= 11 is 0. The van der Waals surface area contributed by atoms with Gasteiger partial charge in [-0.3, -0.25) is 0 Å². The van der Waals surface area contributed by atoms with Gasteiger partial charge < -0.3 is 15.2 Å². The molecule has 0 aromatic heterocycles. The maximum atomic E-state index is 12.7. The fraction of sp³-hybridized carbons (Fsp3) is 0.625. The smallest absolute Gasteiger partial charge is 0.123 e. The first-order chi connectivity index (χ1) is 9.70. The van der Waals surface area contributed by atoms with E-state index in [1.165, 1.54) is 37.8 Å². The lowest BCUT2D eigenvalue weighted by Gasteiger charge is -2.24. The second-order valence-electron chi connectivity index (χ2n) is 6.11. The van der Waals surface area contributed by atoms with Gasteiger partial charge in [0.25, 0.3) is 0 Å². The Morgan fingerprint density at radius 3 is 2.70 bits per heavy atom. The van der Waals surface area contributed by atoms with E-state index in [1.807, 2.05) is 0 Å². The highest BCUT2D eigenvalue weighted by molar-refractivity contribution is 5.22. The molecule has 4 heteroatoms. The van der Waals surface area contributed by atoms with Gasteiger partial charge in [0, 0.05) is 12.6 Å². The average Bonchev–Trinajstić information content (AvgIpc) is 3.07. The van der Waals surface area contributed by atoms with Crippen LogP contribution in [0.5, 0.6) is 5.75 Å². The Bertz CT molecular complexity index is 437. The number of rotatable bonds is 6. The van der Waals surface area contributed by atoms with Gasteiger partial charge in [0.15, 0.2) is 0 Å². The van der Waals surface area contributed by atoms with E-state index in [-0.39, 0.29) is 12.4 Å². The van der Waals surface area contributed by atoms with Crippen molar-refractivity contribution < 1.29 is 14.2 Å². The Morgan fingerprint density at radius 1 is 1.25 bits per heavy atom. The van der Waals surface area contributed by atoms with Crippen LogP contribution in [0.2, 0.25) is 0 Å². The largest absolute Gasteiger partial charge is 0.491 e. The van der Waals surface area contributed by atoms with Crippen LogP contribution in [0.25, 0.3) is 0 Å². The van der Waals surface area contributed by atoms with Crippen molar-refractivity contribution in [3.05, 3.63) is 30.1 Å². The Labute approximate surface area is 119 Å². The van der Waals surface area contributed by atoms with E-state index in [0.29, 0.717) is 18.3 Å². The minimum absolute atomic E-state index is 0.236. The Kier molecular flexibility index (Phi) is 4.22. The van der Waals surface area contributed by atoms with Crippen molar-refractivity contribution in [2.75, 3.05) is 13.2 Å². The minimum Gasteiger partial charge on any atom is -0.491 e. The van der Waals surface area contributed by atoms with E-state index in [2.05, 4.69) is 5.32 Å². The number of fused-ring (bicyclic) bond motifs is 2. The van der Waals surface area contributed by atoms with Crippen LogP contribution >= 0.6 is 0 Å². The Morgan fingerprint density at radius 2 is 2.05 bits per heavy atom. The molecule has 3 nitrogen and oxygen atoms in total. The van der Waals surface area contributed by atoms with Gasteiger partial charge >= 0.3 is 0 Å². The van der Waals surface area contributed by atoms with Crippen molar-refractivity contribution in [3.63, 3.8) is 0 Å². The highest BCUT2D eigenvalue weighted by Crippen LogP contribution is 2.44. The normalized spacial score (nSPS) is 29.6. The average molecular weight is 279 g/mol. The van der Waals surface area contributed by atoms with Gasteiger partial charge in [-0.25, -0.2) is 4.39 Å². The van der Waals surface area contributed by atoms with E-state index in [1.54, 1.807) is 12.1 Å². The second kappa shape index (κ2) is 6.10. The summed E-state index contributed by atoms with van der Waals surface area (Å²) in [6.07, 6.45) is 4.82. The molecular weight excluding hydrogens is 257 g/mol. The fourth-order valence-corrected chi connectivity index (χ4v) is 3.56. The molecule has 2 aliphatic carbocycles.